The molecule has 0 aliphatic carbocycles. The molecule has 1 aromatic carbocycles. The van der Waals surface area contributed by atoms with E-state index in [2.05, 4.69) is 21.0 Å². The second-order valence-corrected chi connectivity index (χ2v) is 6.30. The van der Waals surface area contributed by atoms with Crippen molar-refractivity contribution in [2.24, 2.45) is 0 Å². The molecule has 0 N–H and O–H groups in total. The molecule has 0 saturated heterocycles. The molecule has 0 spiro atoms. The summed E-state index contributed by atoms with van der Waals surface area (Å²) in [7, 11) is 0. The summed E-state index contributed by atoms with van der Waals surface area (Å²) in [6.45, 7) is 1.90. The topological polar surface area (TPSA) is 38.7 Å². The quantitative estimate of drug-likeness (QED) is 0.524. The molecule has 0 radical (unpaired) electrons. The van der Waals surface area contributed by atoms with Gasteiger partial charge in [-0.3, -0.25) is 0 Å². The molecule has 0 amide bonds. The van der Waals surface area contributed by atoms with Gasteiger partial charge >= 0.3 is 0 Å². The van der Waals surface area contributed by atoms with E-state index in [4.69, 9.17) is 11.6 Å². The van der Waals surface area contributed by atoms with E-state index < -0.39 is 0 Å². The lowest BCUT2D eigenvalue weighted by molar-refractivity contribution is 1.01. The number of aryl methyl sites for hydroxylation is 1. The van der Waals surface area contributed by atoms with Crippen molar-refractivity contribution >= 4 is 44.9 Å². The minimum Gasteiger partial charge on any atom is -0.229 e. The second-order valence-electron chi connectivity index (χ2n) is 3.67. The first kappa shape index (κ1) is 11.9. The molecule has 3 aromatic rings. The summed E-state index contributed by atoms with van der Waals surface area (Å²) in [6.07, 6.45) is 0. The average Bonchev–Trinajstić information content (AvgIpc) is 2.69. The zero-order chi connectivity index (χ0) is 12.5. The molecular formula is C12H8ClN3S2. The van der Waals surface area contributed by atoms with Crippen molar-refractivity contribution in [1.82, 2.24) is 15.0 Å². The second kappa shape index (κ2) is 4.84. The van der Waals surface area contributed by atoms with E-state index in [1.54, 1.807) is 11.3 Å². The molecule has 0 aliphatic rings. The van der Waals surface area contributed by atoms with Crippen molar-refractivity contribution in [3.05, 3.63) is 41.3 Å². The highest BCUT2D eigenvalue weighted by Crippen LogP contribution is 2.33. The van der Waals surface area contributed by atoms with E-state index in [1.807, 2.05) is 31.2 Å². The lowest BCUT2D eigenvalue weighted by Crippen LogP contribution is -1.88. The third kappa shape index (κ3) is 2.48. The Morgan fingerprint density at radius 1 is 1.17 bits per heavy atom. The number of halogens is 1. The summed E-state index contributed by atoms with van der Waals surface area (Å²) >= 11 is 9.01. The molecule has 2 aromatic heterocycles. The predicted octanol–water partition coefficient (Wildman–Crippen LogP) is 4.20. The standard InChI is InChI=1S/C12H8ClN3S2/c1-7-6-10(16-11(13)14-7)18-12-15-8-4-2-3-5-9(8)17-12/h2-6H,1H3. The molecule has 3 rings (SSSR count). The van der Waals surface area contributed by atoms with Crippen LogP contribution in [0.5, 0.6) is 0 Å². The van der Waals surface area contributed by atoms with Gasteiger partial charge in [0.25, 0.3) is 0 Å². The molecule has 6 heteroatoms. The SMILES string of the molecule is Cc1cc(Sc2nc3ccccc3s2)nc(Cl)n1. The monoisotopic (exact) mass is 293 g/mol. The van der Waals surface area contributed by atoms with Crippen molar-refractivity contribution in [3.8, 4) is 0 Å². The minimum absolute atomic E-state index is 0.276. The summed E-state index contributed by atoms with van der Waals surface area (Å²) in [6, 6.07) is 9.98. The van der Waals surface area contributed by atoms with Crippen LogP contribution in [0.15, 0.2) is 39.7 Å². The van der Waals surface area contributed by atoms with Crippen LogP contribution in [0.1, 0.15) is 5.69 Å². The van der Waals surface area contributed by atoms with Crippen LogP contribution in [0.25, 0.3) is 10.2 Å². The molecule has 0 saturated carbocycles. The van der Waals surface area contributed by atoms with Gasteiger partial charge in [0.05, 0.1) is 10.2 Å². The summed E-state index contributed by atoms with van der Waals surface area (Å²) in [4.78, 5) is 12.8. The third-order valence-corrected chi connectivity index (χ3v) is 4.45. The maximum atomic E-state index is 5.84. The lowest BCUT2D eigenvalue weighted by Gasteiger charge is -1.98. The molecular weight excluding hydrogens is 286 g/mol. The summed E-state index contributed by atoms with van der Waals surface area (Å²) in [5, 5.41) is 1.10. The summed E-state index contributed by atoms with van der Waals surface area (Å²) in [5.41, 5.74) is 1.88. The van der Waals surface area contributed by atoms with Gasteiger partial charge < -0.3 is 0 Å². The van der Waals surface area contributed by atoms with Crippen LogP contribution in [-0.4, -0.2) is 15.0 Å². The fourth-order valence-electron chi connectivity index (χ4n) is 1.54. The molecule has 18 heavy (non-hydrogen) atoms. The Kier molecular flexibility index (Phi) is 3.20. The zero-order valence-corrected chi connectivity index (χ0v) is 11.8. The Hall–Kier alpha value is -1.17. The summed E-state index contributed by atoms with van der Waals surface area (Å²) in [5.74, 6) is 0. The predicted molar refractivity (Wildman–Crippen MR) is 75.5 cm³/mol. The van der Waals surface area contributed by atoms with E-state index in [9.17, 15) is 0 Å². The van der Waals surface area contributed by atoms with Gasteiger partial charge in [0.2, 0.25) is 5.28 Å². The van der Waals surface area contributed by atoms with Gasteiger partial charge in [0, 0.05) is 5.69 Å². The van der Waals surface area contributed by atoms with Gasteiger partial charge in [0.1, 0.15) is 5.03 Å². The van der Waals surface area contributed by atoms with Gasteiger partial charge in [0.15, 0.2) is 4.34 Å². The van der Waals surface area contributed by atoms with Gasteiger partial charge in [-0.2, -0.15) is 0 Å². The highest BCUT2D eigenvalue weighted by molar-refractivity contribution is 8.01. The molecule has 0 aliphatic heterocycles. The van der Waals surface area contributed by atoms with E-state index in [1.165, 1.54) is 16.5 Å². The first-order valence-corrected chi connectivity index (χ1v) is 7.26. The highest BCUT2D eigenvalue weighted by Gasteiger charge is 2.07. The van der Waals surface area contributed by atoms with Crippen LogP contribution >= 0.6 is 34.7 Å². The summed E-state index contributed by atoms with van der Waals surface area (Å²) < 4.78 is 2.14. The molecule has 3 nitrogen and oxygen atoms in total. The van der Waals surface area contributed by atoms with Gasteiger partial charge in [-0.1, -0.05) is 12.1 Å². The fraction of sp³-hybridized carbons (Fsp3) is 0.0833. The number of thiazole rings is 1. The maximum absolute atomic E-state index is 5.84. The van der Waals surface area contributed by atoms with Crippen molar-refractivity contribution in [3.63, 3.8) is 0 Å². The zero-order valence-electron chi connectivity index (χ0n) is 9.42. The number of hydrogen-bond donors (Lipinski definition) is 0. The molecule has 0 unspecified atom stereocenters. The Labute approximate surface area is 117 Å². The van der Waals surface area contributed by atoms with Crippen LogP contribution in [0.3, 0.4) is 0 Å². The number of rotatable bonds is 2. The van der Waals surface area contributed by atoms with Crippen LogP contribution in [-0.2, 0) is 0 Å². The Balaban J connectivity index is 1.96. The molecule has 2 heterocycles. The Morgan fingerprint density at radius 3 is 2.78 bits per heavy atom. The average molecular weight is 294 g/mol. The van der Waals surface area contributed by atoms with Gasteiger partial charge in [-0.15, -0.1) is 11.3 Å². The highest BCUT2D eigenvalue weighted by atomic mass is 35.5. The maximum Gasteiger partial charge on any atom is 0.223 e. The van der Waals surface area contributed by atoms with E-state index in [0.29, 0.717) is 0 Å². The lowest BCUT2D eigenvalue weighted by atomic mass is 10.3. The van der Waals surface area contributed by atoms with E-state index in [0.717, 1.165) is 20.6 Å². The van der Waals surface area contributed by atoms with E-state index in [-0.39, 0.29) is 5.28 Å². The van der Waals surface area contributed by atoms with Crippen LogP contribution in [0.4, 0.5) is 0 Å². The van der Waals surface area contributed by atoms with Crippen LogP contribution in [0.2, 0.25) is 5.28 Å². The van der Waals surface area contributed by atoms with Crippen molar-refractivity contribution in [2.45, 2.75) is 16.3 Å². The van der Waals surface area contributed by atoms with Crippen molar-refractivity contribution in [1.29, 1.82) is 0 Å². The van der Waals surface area contributed by atoms with Crippen molar-refractivity contribution < 1.29 is 0 Å². The largest absolute Gasteiger partial charge is 0.229 e. The third-order valence-electron chi connectivity index (χ3n) is 2.27. The van der Waals surface area contributed by atoms with Crippen LogP contribution < -0.4 is 0 Å². The number of nitrogens with zero attached hydrogens (tertiary/aromatic N) is 3. The fourth-order valence-corrected chi connectivity index (χ4v) is 3.89. The minimum atomic E-state index is 0.276. The molecule has 0 bridgehead atoms. The number of benzene rings is 1. The van der Waals surface area contributed by atoms with Crippen molar-refractivity contribution in [2.75, 3.05) is 0 Å². The van der Waals surface area contributed by atoms with E-state index >= 15 is 0 Å². The first-order valence-electron chi connectivity index (χ1n) is 5.25. The molecule has 90 valence electrons. The Morgan fingerprint density at radius 2 is 2.00 bits per heavy atom. The van der Waals surface area contributed by atoms with Crippen LogP contribution in [0, 0.1) is 6.92 Å². The molecule has 0 fully saturated rings. The smallest absolute Gasteiger partial charge is 0.223 e. The Bertz CT molecular complexity index is 658. The number of hydrogen-bond acceptors (Lipinski definition) is 5. The number of aromatic nitrogens is 3. The van der Waals surface area contributed by atoms with Gasteiger partial charge in [-0.25, -0.2) is 15.0 Å². The number of para-hydroxylation sites is 1. The molecule has 0 atom stereocenters. The first-order chi connectivity index (χ1) is 8.70. The van der Waals surface area contributed by atoms with Gasteiger partial charge in [-0.05, 0) is 48.5 Å². The normalized spacial score (nSPS) is 11.0. The number of fused-ring (bicyclic) bond motifs is 1.